The Kier molecular flexibility index (Phi) is 7.45. The van der Waals surface area contributed by atoms with Crippen LogP contribution in [-0.4, -0.2) is 10.7 Å². The zero-order chi connectivity index (χ0) is 15.9. The molecule has 0 unspecified atom stereocenters. The first kappa shape index (κ1) is 18.2. The molecule has 0 fully saturated rings. The fraction of sp³-hybridized carbons (Fsp3) is 0.700. The molecule has 0 aromatic rings. The molecule has 1 nitrogen and oxygen atoms in total. The van der Waals surface area contributed by atoms with Crippen molar-refractivity contribution in [2.45, 2.75) is 78.7 Å². The third-order valence-electron chi connectivity index (χ3n) is 4.61. The van der Waals surface area contributed by atoms with Gasteiger partial charge in [-0.15, -0.1) is 0 Å². The van der Waals surface area contributed by atoms with Gasteiger partial charge in [-0.05, 0) is 71.1 Å². The van der Waals surface area contributed by atoms with Crippen LogP contribution >= 0.6 is 0 Å². The minimum absolute atomic E-state index is 0.556. The molecule has 0 spiro atoms. The van der Waals surface area contributed by atoms with E-state index in [-0.39, 0.29) is 0 Å². The van der Waals surface area contributed by atoms with E-state index in [0.29, 0.717) is 11.8 Å². The van der Waals surface area contributed by atoms with Crippen LogP contribution in [-0.2, 0) is 0 Å². The van der Waals surface area contributed by atoms with Gasteiger partial charge in [-0.2, -0.15) is 0 Å². The van der Waals surface area contributed by atoms with Crippen molar-refractivity contribution >= 4 is 0 Å². The molecular weight excluding hydrogens is 256 g/mol. The smallest absolute Gasteiger partial charge is 0.0802 e. The molecule has 0 aromatic heterocycles. The number of hydrogen-bond donors (Lipinski definition) is 1. The van der Waals surface area contributed by atoms with Crippen LogP contribution in [0.15, 0.2) is 35.5 Å². The molecule has 1 N–H and O–H groups in total. The van der Waals surface area contributed by atoms with Gasteiger partial charge in [0.05, 0.1) is 5.60 Å². The minimum Gasteiger partial charge on any atom is -0.386 e. The van der Waals surface area contributed by atoms with Gasteiger partial charge in [0.15, 0.2) is 0 Å². The summed E-state index contributed by atoms with van der Waals surface area (Å²) in [6.45, 7) is 10.9. The second kappa shape index (κ2) is 8.58. The molecule has 0 aliphatic heterocycles. The molecule has 0 heterocycles. The molecule has 0 amide bonds. The van der Waals surface area contributed by atoms with Crippen molar-refractivity contribution < 1.29 is 5.11 Å². The highest BCUT2D eigenvalue weighted by atomic mass is 16.3. The second-order valence-corrected chi connectivity index (χ2v) is 7.34. The number of rotatable bonds is 1. The van der Waals surface area contributed by atoms with Crippen LogP contribution in [0.2, 0.25) is 0 Å². The van der Waals surface area contributed by atoms with Crippen molar-refractivity contribution in [1.29, 1.82) is 0 Å². The van der Waals surface area contributed by atoms with Crippen molar-refractivity contribution in [3.63, 3.8) is 0 Å². The van der Waals surface area contributed by atoms with E-state index in [0.717, 1.165) is 32.1 Å². The summed E-state index contributed by atoms with van der Waals surface area (Å²) in [6, 6.07) is 0. The Morgan fingerprint density at radius 1 is 1.10 bits per heavy atom. The lowest BCUT2D eigenvalue weighted by Crippen LogP contribution is -2.21. The van der Waals surface area contributed by atoms with Crippen LogP contribution in [0.5, 0.6) is 0 Å². The van der Waals surface area contributed by atoms with Gasteiger partial charge >= 0.3 is 0 Å². The van der Waals surface area contributed by atoms with E-state index < -0.39 is 5.60 Å². The van der Waals surface area contributed by atoms with Crippen LogP contribution in [0.1, 0.15) is 73.1 Å². The third-order valence-corrected chi connectivity index (χ3v) is 4.61. The molecule has 1 aliphatic carbocycles. The van der Waals surface area contributed by atoms with Crippen molar-refractivity contribution in [3.05, 3.63) is 35.5 Å². The fourth-order valence-electron chi connectivity index (χ4n) is 2.82. The molecule has 0 radical (unpaired) electrons. The van der Waals surface area contributed by atoms with Crippen molar-refractivity contribution in [2.24, 2.45) is 11.8 Å². The lowest BCUT2D eigenvalue weighted by Gasteiger charge is -2.22. The SMILES string of the molecule is C/C1=C/CC[C@](C)(O)/C=C/[C@@H](C(C)C)CC/C(C)=C\CC1. The maximum Gasteiger partial charge on any atom is 0.0802 e. The predicted octanol–water partition coefficient (Wildman–Crippen LogP) is 5.81. The summed E-state index contributed by atoms with van der Waals surface area (Å²) >= 11 is 0. The van der Waals surface area contributed by atoms with Gasteiger partial charge < -0.3 is 5.11 Å². The molecule has 0 saturated heterocycles. The monoisotopic (exact) mass is 290 g/mol. The Balaban J connectivity index is 2.87. The molecule has 0 bridgehead atoms. The Hall–Kier alpha value is -0.820. The minimum atomic E-state index is -0.682. The highest BCUT2D eigenvalue weighted by Gasteiger charge is 2.17. The Morgan fingerprint density at radius 3 is 2.38 bits per heavy atom. The van der Waals surface area contributed by atoms with Gasteiger partial charge in [0.1, 0.15) is 0 Å². The maximum atomic E-state index is 10.5. The van der Waals surface area contributed by atoms with Crippen LogP contribution < -0.4 is 0 Å². The Bertz CT molecular complexity index is 396. The van der Waals surface area contributed by atoms with Crippen molar-refractivity contribution in [2.75, 3.05) is 0 Å². The van der Waals surface area contributed by atoms with Crippen LogP contribution in [0, 0.1) is 11.8 Å². The molecule has 1 rings (SSSR count). The molecule has 120 valence electrons. The van der Waals surface area contributed by atoms with Crippen molar-refractivity contribution in [1.82, 2.24) is 0 Å². The molecule has 0 saturated carbocycles. The summed E-state index contributed by atoms with van der Waals surface area (Å²) in [5.74, 6) is 1.18. The van der Waals surface area contributed by atoms with Gasteiger partial charge in [-0.1, -0.05) is 49.3 Å². The van der Waals surface area contributed by atoms with E-state index in [1.807, 2.05) is 13.0 Å². The van der Waals surface area contributed by atoms with E-state index in [9.17, 15) is 5.11 Å². The summed E-state index contributed by atoms with van der Waals surface area (Å²) in [4.78, 5) is 0. The first-order chi connectivity index (χ1) is 9.80. The highest BCUT2D eigenvalue weighted by molar-refractivity contribution is 5.08. The average Bonchev–Trinajstić information content (AvgIpc) is 2.37. The predicted molar refractivity (Wildman–Crippen MR) is 93.3 cm³/mol. The summed E-state index contributed by atoms with van der Waals surface area (Å²) in [6.07, 6.45) is 15.4. The molecule has 21 heavy (non-hydrogen) atoms. The van der Waals surface area contributed by atoms with Crippen LogP contribution in [0.3, 0.4) is 0 Å². The van der Waals surface area contributed by atoms with Gasteiger partial charge in [0.2, 0.25) is 0 Å². The van der Waals surface area contributed by atoms with E-state index in [2.05, 4.69) is 45.9 Å². The first-order valence-corrected chi connectivity index (χ1v) is 8.53. The summed E-state index contributed by atoms with van der Waals surface area (Å²) in [5, 5.41) is 10.5. The van der Waals surface area contributed by atoms with Crippen LogP contribution in [0.4, 0.5) is 0 Å². The quantitative estimate of drug-likeness (QED) is 0.604. The highest BCUT2D eigenvalue weighted by Crippen LogP contribution is 2.25. The maximum absolute atomic E-state index is 10.5. The van der Waals surface area contributed by atoms with E-state index in [4.69, 9.17) is 0 Å². The number of hydrogen-bond acceptors (Lipinski definition) is 1. The van der Waals surface area contributed by atoms with Crippen molar-refractivity contribution in [3.8, 4) is 0 Å². The zero-order valence-electron chi connectivity index (χ0n) is 14.7. The van der Waals surface area contributed by atoms with E-state index in [1.54, 1.807) is 0 Å². The zero-order valence-corrected chi connectivity index (χ0v) is 14.7. The standard InChI is InChI=1S/C20H34O/c1-16(2)19-12-11-18(4)9-6-8-17(3)10-7-14-20(5,21)15-13-19/h9-10,13,15-16,19,21H,6-8,11-12,14H2,1-5H3/b15-13+,17-10-,18-9-/t19-,20-/m0/s1. The lowest BCUT2D eigenvalue weighted by molar-refractivity contribution is 0.102. The van der Waals surface area contributed by atoms with Gasteiger partial charge in [0, 0.05) is 0 Å². The lowest BCUT2D eigenvalue weighted by atomic mass is 9.87. The topological polar surface area (TPSA) is 20.2 Å². The molecule has 0 aromatic carbocycles. The fourth-order valence-corrected chi connectivity index (χ4v) is 2.82. The Labute approximate surface area is 131 Å². The van der Waals surface area contributed by atoms with E-state index in [1.165, 1.54) is 17.6 Å². The largest absolute Gasteiger partial charge is 0.386 e. The molecule has 1 heteroatoms. The summed E-state index contributed by atoms with van der Waals surface area (Å²) in [7, 11) is 0. The number of aliphatic hydroxyl groups is 1. The summed E-state index contributed by atoms with van der Waals surface area (Å²) < 4.78 is 0. The molecule has 1 aliphatic rings. The molecular formula is C20H34O. The third kappa shape index (κ3) is 7.66. The van der Waals surface area contributed by atoms with Gasteiger partial charge in [-0.25, -0.2) is 0 Å². The number of allylic oxidation sites excluding steroid dienone is 5. The van der Waals surface area contributed by atoms with Gasteiger partial charge in [-0.3, -0.25) is 0 Å². The first-order valence-electron chi connectivity index (χ1n) is 8.53. The van der Waals surface area contributed by atoms with Gasteiger partial charge in [0.25, 0.3) is 0 Å². The second-order valence-electron chi connectivity index (χ2n) is 7.34. The van der Waals surface area contributed by atoms with Crippen LogP contribution in [0.25, 0.3) is 0 Å². The molecule has 2 atom stereocenters. The normalized spacial score (nSPS) is 36.2. The summed E-state index contributed by atoms with van der Waals surface area (Å²) in [5.41, 5.74) is 2.26. The Morgan fingerprint density at radius 2 is 1.71 bits per heavy atom. The van der Waals surface area contributed by atoms with E-state index >= 15 is 0 Å². The average molecular weight is 290 g/mol.